The summed E-state index contributed by atoms with van der Waals surface area (Å²) < 4.78 is 27.1. The Hall–Kier alpha value is -0.980. The van der Waals surface area contributed by atoms with E-state index in [4.69, 9.17) is 34.8 Å². The van der Waals surface area contributed by atoms with Crippen molar-refractivity contribution in [2.75, 3.05) is 31.1 Å². The predicted molar refractivity (Wildman–Crippen MR) is 109 cm³/mol. The SMILES string of the molecule is Cc1ccc(Cl)cc1N1CCN(S(=O)(=O)Cc2c(Cl)cccc2Cl)CC1. The van der Waals surface area contributed by atoms with E-state index in [0.29, 0.717) is 46.8 Å². The molecule has 3 rings (SSSR count). The Morgan fingerprint density at radius 3 is 2.19 bits per heavy atom. The maximum Gasteiger partial charge on any atom is 0.218 e. The summed E-state index contributed by atoms with van der Waals surface area (Å²) in [6.07, 6.45) is 0. The highest BCUT2D eigenvalue weighted by molar-refractivity contribution is 7.88. The van der Waals surface area contributed by atoms with Crippen LogP contribution in [0.5, 0.6) is 0 Å². The Bertz CT molecular complexity index is 890. The molecule has 0 unspecified atom stereocenters. The molecule has 0 bridgehead atoms. The van der Waals surface area contributed by atoms with E-state index in [1.165, 1.54) is 4.31 Å². The molecule has 0 saturated carbocycles. The largest absolute Gasteiger partial charge is 0.369 e. The Kier molecular flexibility index (Phi) is 6.04. The van der Waals surface area contributed by atoms with E-state index in [1.54, 1.807) is 18.2 Å². The molecule has 0 amide bonds. The highest BCUT2D eigenvalue weighted by atomic mass is 35.5. The highest BCUT2D eigenvalue weighted by Crippen LogP contribution is 2.29. The molecule has 0 radical (unpaired) electrons. The molecule has 2 aromatic rings. The van der Waals surface area contributed by atoms with E-state index in [0.717, 1.165) is 11.3 Å². The molecular weight excluding hydrogens is 415 g/mol. The zero-order valence-electron chi connectivity index (χ0n) is 14.3. The molecule has 0 N–H and O–H groups in total. The number of sulfonamides is 1. The van der Waals surface area contributed by atoms with Crippen LogP contribution in [0.2, 0.25) is 15.1 Å². The van der Waals surface area contributed by atoms with Crippen LogP contribution in [-0.4, -0.2) is 38.9 Å². The van der Waals surface area contributed by atoms with E-state index < -0.39 is 10.0 Å². The van der Waals surface area contributed by atoms with Gasteiger partial charge in [-0.2, -0.15) is 4.31 Å². The van der Waals surface area contributed by atoms with Crippen molar-refractivity contribution in [3.63, 3.8) is 0 Å². The first-order valence-corrected chi connectivity index (χ1v) is 10.9. The van der Waals surface area contributed by atoms with Crippen LogP contribution >= 0.6 is 34.8 Å². The van der Waals surface area contributed by atoms with E-state index in [1.807, 2.05) is 25.1 Å². The van der Waals surface area contributed by atoms with Crippen molar-refractivity contribution in [3.05, 3.63) is 62.6 Å². The van der Waals surface area contributed by atoms with Crippen LogP contribution in [0.1, 0.15) is 11.1 Å². The second kappa shape index (κ2) is 7.95. The van der Waals surface area contributed by atoms with Gasteiger partial charge in [-0.05, 0) is 36.8 Å². The van der Waals surface area contributed by atoms with Crippen molar-refractivity contribution >= 4 is 50.5 Å². The Labute approximate surface area is 169 Å². The maximum absolute atomic E-state index is 12.8. The van der Waals surface area contributed by atoms with E-state index in [-0.39, 0.29) is 5.75 Å². The molecule has 8 heteroatoms. The molecule has 26 heavy (non-hydrogen) atoms. The fourth-order valence-corrected chi connectivity index (χ4v) is 5.51. The molecule has 1 aliphatic rings. The van der Waals surface area contributed by atoms with Crippen molar-refractivity contribution < 1.29 is 8.42 Å². The number of hydrogen-bond acceptors (Lipinski definition) is 3. The molecule has 140 valence electrons. The van der Waals surface area contributed by atoms with Gasteiger partial charge in [0.05, 0.1) is 5.75 Å². The van der Waals surface area contributed by atoms with Crippen LogP contribution in [0, 0.1) is 6.92 Å². The van der Waals surface area contributed by atoms with E-state index in [2.05, 4.69) is 4.90 Å². The minimum Gasteiger partial charge on any atom is -0.369 e. The summed E-state index contributed by atoms with van der Waals surface area (Å²) in [5, 5.41) is 1.41. The van der Waals surface area contributed by atoms with Crippen LogP contribution in [0.15, 0.2) is 36.4 Å². The number of hydrogen-bond donors (Lipinski definition) is 0. The van der Waals surface area contributed by atoms with Gasteiger partial charge in [0.15, 0.2) is 0 Å². The minimum absolute atomic E-state index is 0.193. The van der Waals surface area contributed by atoms with Crippen LogP contribution in [-0.2, 0) is 15.8 Å². The van der Waals surface area contributed by atoms with Gasteiger partial charge in [0, 0.05) is 52.5 Å². The Balaban J connectivity index is 1.72. The third-order valence-corrected chi connectivity index (χ3v) is 7.28. The highest BCUT2D eigenvalue weighted by Gasteiger charge is 2.29. The summed E-state index contributed by atoms with van der Waals surface area (Å²) in [7, 11) is -3.49. The van der Waals surface area contributed by atoms with Crippen molar-refractivity contribution in [1.29, 1.82) is 0 Å². The van der Waals surface area contributed by atoms with Crippen molar-refractivity contribution in [2.45, 2.75) is 12.7 Å². The van der Waals surface area contributed by atoms with Crippen molar-refractivity contribution in [1.82, 2.24) is 4.31 Å². The summed E-state index contributed by atoms with van der Waals surface area (Å²) >= 11 is 18.3. The molecule has 0 atom stereocenters. The summed E-state index contributed by atoms with van der Waals surface area (Å²) in [5.74, 6) is -0.193. The van der Waals surface area contributed by atoms with Gasteiger partial charge in [-0.1, -0.05) is 46.9 Å². The number of benzene rings is 2. The molecule has 4 nitrogen and oxygen atoms in total. The molecule has 2 aromatic carbocycles. The summed E-state index contributed by atoms with van der Waals surface area (Å²) in [6, 6.07) is 10.8. The fourth-order valence-electron chi connectivity index (χ4n) is 3.07. The third kappa shape index (κ3) is 4.29. The summed E-state index contributed by atoms with van der Waals surface area (Å²) in [4.78, 5) is 2.16. The molecule has 1 heterocycles. The molecular formula is C18H19Cl3N2O2S. The summed E-state index contributed by atoms with van der Waals surface area (Å²) in [5.41, 5.74) is 2.61. The van der Waals surface area contributed by atoms with Crippen molar-refractivity contribution in [3.8, 4) is 0 Å². The monoisotopic (exact) mass is 432 g/mol. The van der Waals surface area contributed by atoms with Crippen molar-refractivity contribution in [2.24, 2.45) is 0 Å². The smallest absolute Gasteiger partial charge is 0.218 e. The first kappa shape index (κ1) is 19.8. The van der Waals surface area contributed by atoms with Gasteiger partial charge in [-0.15, -0.1) is 0 Å². The standard InChI is InChI=1S/C18H19Cl3N2O2S/c1-13-5-6-14(19)11-18(13)22-7-9-23(10-8-22)26(24,25)12-15-16(20)3-2-4-17(15)21/h2-6,11H,7-10,12H2,1H3. The average Bonchev–Trinajstić information content (AvgIpc) is 2.60. The summed E-state index contributed by atoms with van der Waals surface area (Å²) in [6.45, 7) is 4.06. The number of aryl methyl sites for hydroxylation is 1. The van der Waals surface area contributed by atoms with Gasteiger partial charge >= 0.3 is 0 Å². The van der Waals surface area contributed by atoms with E-state index in [9.17, 15) is 8.42 Å². The number of piperazine rings is 1. The zero-order chi connectivity index (χ0) is 18.9. The quantitative estimate of drug-likeness (QED) is 0.707. The average molecular weight is 434 g/mol. The second-order valence-corrected chi connectivity index (χ2v) is 9.49. The predicted octanol–water partition coefficient (Wildman–Crippen LogP) is 4.61. The Morgan fingerprint density at radius 2 is 1.58 bits per heavy atom. The fraction of sp³-hybridized carbons (Fsp3) is 0.333. The van der Waals surface area contributed by atoms with Gasteiger partial charge in [-0.25, -0.2) is 8.42 Å². The van der Waals surface area contributed by atoms with Gasteiger partial charge < -0.3 is 4.90 Å². The number of rotatable bonds is 4. The normalized spacial score (nSPS) is 16.1. The third-order valence-electron chi connectivity index (χ3n) is 4.53. The van der Waals surface area contributed by atoms with E-state index >= 15 is 0 Å². The molecule has 0 aliphatic carbocycles. The molecule has 0 aromatic heterocycles. The lowest BCUT2D eigenvalue weighted by Crippen LogP contribution is -2.49. The van der Waals surface area contributed by atoms with Gasteiger partial charge in [0.2, 0.25) is 10.0 Å². The van der Waals surface area contributed by atoms with Gasteiger partial charge in [-0.3, -0.25) is 0 Å². The Morgan fingerprint density at radius 1 is 0.962 bits per heavy atom. The van der Waals surface area contributed by atoms with Crippen LogP contribution in [0.4, 0.5) is 5.69 Å². The minimum atomic E-state index is -3.49. The first-order chi connectivity index (χ1) is 12.3. The van der Waals surface area contributed by atoms with Gasteiger partial charge in [0.1, 0.15) is 0 Å². The number of anilines is 1. The second-order valence-electron chi connectivity index (χ2n) is 6.27. The molecule has 1 aliphatic heterocycles. The lowest BCUT2D eigenvalue weighted by atomic mass is 10.1. The zero-order valence-corrected chi connectivity index (χ0v) is 17.3. The van der Waals surface area contributed by atoms with Crippen LogP contribution in [0.25, 0.3) is 0 Å². The van der Waals surface area contributed by atoms with Crippen LogP contribution in [0.3, 0.4) is 0 Å². The molecule has 0 spiro atoms. The molecule has 1 saturated heterocycles. The lowest BCUT2D eigenvalue weighted by molar-refractivity contribution is 0.384. The number of halogens is 3. The van der Waals surface area contributed by atoms with Gasteiger partial charge in [0.25, 0.3) is 0 Å². The van der Waals surface area contributed by atoms with Crippen LogP contribution < -0.4 is 4.90 Å². The maximum atomic E-state index is 12.8. The molecule has 1 fully saturated rings. The topological polar surface area (TPSA) is 40.6 Å². The lowest BCUT2D eigenvalue weighted by Gasteiger charge is -2.36. The first-order valence-electron chi connectivity index (χ1n) is 8.20. The number of nitrogens with zero attached hydrogens (tertiary/aromatic N) is 2.